The summed E-state index contributed by atoms with van der Waals surface area (Å²) in [7, 11) is 0. The Labute approximate surface area is 188 Å². The molecule has 2 amide bonds. The van der Waals surface area contributed by atoms with Crippen LogP contribution in [0.2, 0.25) is 0 Å². The first-order valence-electron chi connectivity index (χ1n) is 10.8. The molecule has 1 aromatic carbocycles. The van der Waals surface area contributed by atoms with E-state index >= 15 is 0 Å². The number of phenols is 1. The number of aromatic amines is 1. The number of fused-ring (bicyclic) bond motifs is 3. The number of aryl methyl sites for hydroxylation is 1. The topological polar surface area (TPSA) is 94.7 Å². The summed E-state index contributed by atoms with van der Waals surface area (Å²) in [6.45, 7) is 8.51. The zero-order chi connectivity index (χ0) is 22.8. The highest BCUT2D eigenvalue weighted by molar-refractivity contribution is 6.19. The predicted octanol–water partition coefficient (Wildman–Crippen LogP) is 4.94. The fraction of sp³-hybridized carbons (Fsp3) is 0.565. The van der Waals surface area contributed by atoms with Crippen LogP contribution in [0, 0.1) is 6.92 Å². The third-order valence-corrected chi connectivity index (χ3v) is 5.85. The molecule has 0 aliphatic carbocycles. The van der Waals surface area contributed by atoms with E-state index in [1.165, 1.54) is 0 Å². The minimum atomic E-state index is -0.512. The summed E-state index contributed by atoms with van der Waals surface area (Å²) in [4.78, 5) is 29.5. The molecule has 2 heterocycles. The van der Waals surface area contributed by atoms with Crippen LogP contribution in [-0.4, -0.2) is 46.7 Å². The number of aromatic nitrogens is 1. The Morgan fingerprint density at radius 1 is 1.32 bits per heavy atom. The number of carbonyl (C=O) groups excluding carboxylic acids is 2. The second-order valence-corrected chi connectivity index (χ2v) is 9.45. The molecule has 1 aromatic heterocycles. The van der Waals surface area contributed by atoms with Crippen molar-refractivity contribution in [3.63, 3.8) is 0 Å². The number of unbranched alkanes of at least 4 members (excludes halogenated alkanes) is 2. The molecule has 2 aromatic rings. The molecule has 1 unspecified atom stereocenters. The standard InChI is InChI=1S/C23H32ClN3O4/c1-14-12-26-21-17(28)10-16-20(19(14)21)15(11-24)13-27(16)18(29)8-6-5-7-9-25-22(30)31-23(2,3)4/h10,12,15,26,28H,5-9,11,13H2,1-4H3,(H,25,30). The summed E-state index contributed by atoms with van der Waals surface area (Å²) < 4.78 is 5.20. The molecule has 1 aliphatic rings. The van der Waals surface area contributed by atoms with Gasteiger partial charge in [-0.05, 0) is 51.7 Å². The van der Waals surface area contributed by atoms with Gasteiger partial charge in [-0.1, -0.05) is 6.42 Å². The van der Waals surface area contributed by atoms with Crippen molar-refractivity contribution in [2.45, 2.75) is 64.9 Å². The zero-order valence-electron chi connectivity index (χ0n) is 18.7. The average Bonchev–Trinajstić information content (AvgIpc) is 3.24. The minimum absolute atomic E-state index is 0.0286. The summed E-state index contributed by atoms with van der Waals surface area (Å²) in [6, 6.07) is 1.67. The van der Waals surface area contributed by atoms with Gasteiger partial charge >= 0.3 is 6.09 Å². The van der Waals surface area contributed by atoms with Gasteiger partial charge in [-0.15, -0.1) is 11.6 Å². The van der Waals surface area contributed by atoms with E-state index in [0.29, 0.717) is 30.9 Å². The first-order chi connectivity index (χ1) is 14.6. The van der Waals surface area contributed by atoms with Crippen LogP contribution in [0.1, 0.15) is 63.5 Å². The maximum absolute atomic E-state index is 12.9. The van der Waals surface area contributed by atoms with E-state index in [9.17, 15) is 14.7 Å². The van der Waals surface area contributed by atoms with Gasteiger partial charge in [-0.25, -0.2) is 4.79 Å². The number of phenolic OH excluding ortho intramolecular Hbond substituents is 1. The number of alkyl carbamates (subject to hydrolysis) is 1. The van der Waals surface area contributed by atoms with Crippen molar-refractivity contribution >= 4 is 40.2 Å². The average molecular weight is 450 g/mol. The molecule has 7 nitrogen and oxygen atoms in total. The fourth-order valence-corrected chi connectivity index (χ4v) is 4.36. The summed E-state index contributed by atoms with van der Waals surface area (Å²) in [6.07, 6.45) is 4.18. The number of halogens is 1. The highest BCUT2D eigenvalue weighted by Gasteiger charge is 2.35. The van der Waals surface area contributed by atoms with Crippen LogP contribution in [0.3, 0.4) is 0 Å². The van der Waals surface area contributed by atoms with Crippen LogP contribution in [0.5, 0.6) is 5.75 Å². The van der Waals surface area contributed by atoms with Gasteiger partial charge in [0.05, 0.1) is 11.2 Å². The first kappa shape index (κ1) is 23.3. The van der Waals surface area contributed by atoms with Gasteiger partial charge in [-0.3, -0.25) is 4.79 Å². The number of nitrogens with zero attached hydrogens (tertiary/aromatic N) is 1. The van der Waals surface area contributed by atoms with Gasteiger partial charge in [0.1, 0.15) is 11.4 Å². The molecule has 3 rings (SSSR count). The summed E-state index contributed by atoms with van der Waals surface area (Å²) >= 11 is 6.24. The molecular weight excluding hydrogens is 418 g/mol. The van der Waals surface area contributed by atoms with Gasteiger partial charge in [0.15, 0.2) is 0 Å². The monoisotopic (exact) mass is 449 g/mol. The van der Waals surface area contributed by atoms with E-state index in [4.69, 9.17) is 16.3 Å². The number of hydrogen-bond acceptors (Lipinski definition) is 4. The molecule has 1 atom stereocenters. The van der Waals surface area contributed by atoms with E-state index in [-0.39, 0.29) is 17.6 Å². The lowest BCUT2D eigenvalue weighted by atomic mass is 9.97. The van der Waals surface area contributed by atoms with Crippen LogP contribution in [0.15, 0.2) is 12.3 Å². The molecule has 0 spiro atoms. The second-order valence-electron chi connectivity index (χ2n) is 9.15. The molecule has 0 radical (unpaired) electrons. The highest BCUT2D eigenvalue weighted by Crippen LogP contribution is 2.46. The zero-order valence-corrected chi connectivity index (χ0v) is 19.4. The Morgan fingerprint density at radius 2 is 2.06 bits per heavy atom. The van der Waals surface area contributed by atoms with Crippen LogP contribution in [0.4, 0.5) is 10.5 Å². The predicted molar refractivity (Wildman–Crippen MR) is 123 cm³/mol. The highest BCUT2D eigenvalue weighted by atomic mass is 35.5. The Morgan fingerprint density at radius 3 is 2.74 bits per heavy atom. The minimum Gasteiger partial charge on any atom is -0.506 e. The largest absolute Gasteiger partial charge is 0.506 e. The van der Waals surface area contributed by atoms with E-state index < -0.39 is 11.7 Å². The lowest BCUT2D eigenvalue weighted by Gasteiger charge is -2.19. The Balaban J connectivity index is 1.56. The Hall–Kier alpha value is -2.41. The Bertz CT molecular complexity index is 964. The first-order valence-corrected chi connectivity index (χ1v) is 11.3. The number of nitrogens with one attached hydrogen (secondary N) is 2. The molecule has 1 aliphatic heterocycles. The third kappa shape index (κ3) is 5.26. The number of benzene rings is 1. The summed E-state index contributed by atoms with van der Waals surface area (Å²) in [5.41, 5.74) is 3.01. The van der Waals surface area contributed by atoms with Crippen LogP contribution >= 0.6 is 11.6 Å². The summed E-state index contributed by atoms with van der Waals surface area (Å²) in [5.74, 6) is 0.623. The van der Waals surface area contributed by atoms with Crippen molar-refractivity contribution in [2.24, 2.45) is 0 Å². The molecule has 31 heavy (non-hydrogen) atoms. The molecule has 0 saturated carbocycles. The normalized spacial score (nSPS) is 15.9. The third-order valence-electron chi connectivity index (χ3n) is 5.48. The van der Waals surface area contributed by atoms with Crippen molar-refractivity contribution in [2.75, 3.05) is 23.9 Å². The number of amides is 2. The van der Waals surface area contributed by atoms with Crippen LogP contribution in [0.25, 0.3) is 10.9 Å². The molecule has 0 bridgehead atoms. The smallest absolute Gasteiger partial charge is 0.407 e. The number of ether oxygens (including phenoxy) is 1. The Kier molecular flexibility index (Phi) is 7.04. The number of alkyl halides is 1. The van der Waals surface area contributed by atoms with E-state index in [2.05, 4.69) is 10.3 Å². The quantitative estimate of drug-likeness (QED) is 0.412. The van der Waals surface area contributed by atoms with Crippen molar-refractivity contribution in [1.82, 2.24) is 10.3 Å². The maximum atomic E-state index is 12.9. The van der Waals surface area contributed by atoms with Gasteiger partial charge in [0.2, 0.25) is 5.91 Å². The van der Waals surface area contributed by atoms with Crippen molar-refractivity contribution in [3.05, 3.63) is 23.4 Å². The molecule has 0 saturated heterocycles. The van der Waals surface area contributed by atoms with Crippen molar-refractivity contribution in [3.8, 4) is 5.75 Å². The van der Waals surface area contributed by atoms with Gasteiger partial charge < -0.3 is 25.0 Å². The van der Waals surface area contributed by atoms with E-state index in [1.54, 1.807) is 11.0 Å². The molecule has 3 N–H and O–H groups in total. The van der Waals surface area contributed by atoms with Crippen molar-refractivity contribution in [1.29, 1.82) is 0 Å². The van der Waals surface area contributed by atoms with Gasteiger partial charge in [0.25, 0.3) is 0 Å². The molecule has 170 valence electrons. The number of hydrogen-bond donors (Lipinski definition) is 3. The van der Waals surface area contributed by atoms with E-state index in [0.717, 1.165) is 41.5 Å². The van der Waals surface area contributed by atoms with Crippen molar-refractivity contribution < 1.29 is 19.4 Å². The fourth-order valence-electron chi connectivity index (χ4n) is 4.10. The molecular formula is C23H32ClN3O4. The van der Waals surface area contributed by atoms with Gasteiger partial charge in [-0.2, -0.15) is 0 Å². The molecule has 0 fully saturated rings. The number of aromatic hydroxyl groups is 1. The molecule has 8 heteroatoms. The second kappa shape index (κ2) is 9.39. The number of H-pyrrole nitrogens is 1. The van der Waals surface area contributed by atoms with Gasteiger partial charge in [0, 0.05) is 49.0 Å². The number of anilines is 1. The number of carbonyl (C=O) groups is 2. The maximum Gasteiger partial charge on any atom is 0.407 e. The van der Waals surface area contributed by atoms with Crippen LogP contribution < -0.4 is 10.2 Å². The lowest BCUT2D eigenvalue weighted by molar-refractivity contribution is -0.118. The SMILES string of the molecule is Cc1c[nH]c2c(O)cc3c(c12)C(CCl)CN3C(=O)CCCCCNC(=O)OC(C)(C)C. The number of rotatable bonds is 7. The van der Waals surface area contributed by atoms with E-state index in [1.807, 2.05) is 33.9 Å². The lowest BCUT2D eigenvalue weighted by Crippen LogP contribution is -2.33. The van der Waals surface area contributed by atoms with Crippen LogP contribution in [-0.2, 0) is 9.53 Å². The summed E-state index contributed by atoms with van der Waals surface area (Å²) in [5, 5.41) is 14.1.